The van der Waals surface area contributed by atoms with Crippen LogP contribution in [0.25, 0.3) is 0 Å². The Hall–Kier alpha value is -3.36. The van der Waals surface area contributed by atoms with Crippen molar-refractivity contribution in [2.75, 3.05) is 31.6 Å². The van der Waals surface area contributed by atoms with Gasteiger partial charge in [-0.15, -0.1) is 0 Å². The Balaban J connectivity index is 1.67. The van der Waals surface area contributed by atoms with Crippen LogP contribution in [0.5, 0.6) is 11.5 Å². The molecule has 0 saturated carbocycles. The van der Waals surface area contributed by atoms with Crippen LogP contribution in [0.3, 0.4) is 0 Å². The third-order valence-electron chi connectivity index (χ3n) is 4.83. The van der Waals surface area contributed by atoms with Crippen molar-refractivity contribution in [1.29, 1.82) is 0 Å². The number of para-hydroxylation sites is 1. The van der Waals surface area contributed by atoms with Crippen molar-refractivity contribution in [3.8, 4) is 11.5 Å². The monoisotopic (exact) mass is 432 g/mol. The summed E-state index contributed by atoms with van der Waals surface area (Å²) < 4.78 is 35.2. The van der Waals surface area contributed by atoms with Crippen molar-refractivity contribution in [3.63, 3.8) is 0 Å². The van der Waals surface area contributed by atoms with E-state index in [0.29, 0.717) is 30.4 Å². The maximum absolute atomic E-state index is 12.7. The number of aliphatic imine (C=N–C) groups is 1. The van der Waals surface area contributed by atoms with E-state index < -0.39 is 6.61 Å². The van der Waals surface area contributed by atoms with Gasteiger partial charge in [0.25, 0.3) is 0 Å². The number of alkyl halides is 2. The largest absolute Gasteiger partial charge is 0.497 e. The van der Waals surface area contributed by atoms with Crippen LogP contribution in [0.2, 0.25) is 0 Å². The molecule has 0 fully saturated rings. The van der Waals surface area contributed by atoms with Gasteiger partial charge < -0.3 is 25.0 Å². The lowest BCUT2D eigenvalue weighted by Crippen LogP contribution is -2.44. The fourth-order valence-electron chi connectivity index (χ4n) is 3.38. The van der Waals surface area contributed by atoms with Crippen LogP contribution in [0.15, 0.2) is 47.5 Å². The van der Waals surface area contributed by atoms with Crippen molar-refractivity contribution < 1.29 is 23.0 Å². The van der Waals surface area contributed by atoms with Crippen molar-refractivity contribution in [1.82, 2.24) is 10.6 Å². The molecule has 2 N–H and O–H groups in total. The number of nitrogens with zero attached hydrogens (tertiary/aromatic N) is 2. The minimum Gasteiger partial charge on any atom is -0.497 e. The number of hydrogen-bond acceptors (Lipinski definition) is 4. The average Bonchev–Trinajstić information content (AvgIpc) is 3.20. The summed E-state index contributed by atoms with van der Waals surface area (Å²) >= 11 is 0. The Labute approximate surface area is 180 Å². The fraction of sp³-hybridized carbons (Fsp3) is 0.364. The summed E-state index contributed by atoms with van der Waals surface area (Å²) in [6.07, 6.45) is 0.832. The number of anilines is 1. The molecule has 0 radical (unpaired) electrons. The molecule has 166 valence electrons. The number of hydrogen-bond donors (Lipinski definition) is 2. The topological polar surface area (TPSA) is 75.2 Å². The number of methoxy groups -OCH3 is 1. The zero-order valence-corrected chi connectivity index (χ0v) is 17.5. The van der Waals surface area contributed by atoms with E-state index in [-0.39, 0.29) is 24.7 Å². The molecular formula is C22H26F2N4O3. The van der Waals surface area contributed by atoms with Gasteiger partial charge >= 0.3 is 6.61 Å². The summed E-state index contributed by atoms with van der Waals surface area (Å²) in [7, 11) is 1.49. The van der Waals surface area contributed by atoms with Gasteiger partial charge in [0.05, 0.1) is 20.2 Å². The van der Waals surface area contributed by atoms with Crippen LogP contribution in [0.1, 0.15) is 18.1 Å². The maximum atomic E-state index is 12.7. The van der Waals surface area contributed by atoms with Gasteiger partial charge in [0.15, 0.2) is 5.96 Å². The Morgan fingerprint density at radius 1 is 1.23 bits per heavy atom. The molecule has 2 aromatic rings. The summed E-state index contributed by atoms with van der Waals surface area (Å²) in [5.41, 5.74) is 2.53. The number of ether oxygens (including phenoxy) is 2. The number of amides is 1. The van der Waals surface area contributed by atoms with Gasteiger partial charge in [-0.05, 0) is 43.2 Å². The third-order valence-corrected chi connectivity index (χ3v) is 4.83. The first-order valence-electron chi connectivity index (χ1n) is 10.0. The Morgan fingerprint density at radius 2 is 2.03 bits per heavy atom. The van der Waals surface area contributed by atoms with E-state index in [2.05, 4.69) is 20.4 Å². The molecule has 0 atom stereocenters. The fourth-order valence-corrected chi connectivity index (χ4v) is 3.38. The zero-order valence-electron chi connectivity index (χ0n) is 17.5. The molecule has 31 heavy (non-hydrogen) atoms. The van der Waals surface area contributed by atoms with Crippen LogP contribution in [-0.2, 0) is 17.8 Å². The number of carbonyl (C=O) groups is 1. The minimum atomic E-state index is -2.94. The van der Waals surface area contributed by atoms with Crippen LogP contribution in [0, 0.1) is 0 Å². The third kappa shape index (κ3) is 5.84. The molecule has 0 bridgehead atoms. The molecule has 0 aromatic heterocycles. The highest BCUT2D eigenvalue weighted by Gasteiger charge is 2.23. The number of halogens is 2. The average molecular weight is 432 g/mol. The van der Waals surface area contributed by atoms with Gasteiger partial charge in [-0.3, -0.25) is 4.79 Å². The summed E-state index contributed by atoms with van der Waals surface area (Å²) in [4.78, 5) is 18.9. The summed E-state index contributed by atoms with van der Waals surface area (Å²) in [6.45, 7) is 0.292. The first kappa shape index (κ1) is 22.3. The van der Waals surface area contributed by atoms with E-state index in [4.69, 9.17) is 4.74 Å². The molecule has 0 spiro atoms. The Morgan fingerprint density at radius 3 is 2.77 bits per heavy atom. The lowest BCUT2D eigenvalue weighted by Gasteiger charge is -2.19. The molecular weight excluding hydrogens is 406 g/mol. The van der Waals surface area contributed by atoms with Crippen molar-refractivity contribution in [2.45, 2.75) is 26.5 Å². The van der Waals surface area contributed by atoms with E-state index in [1.165, 1.54) is 13.2 Å². The molecule has 2 aromatic carbocycles. The smallest absolute Gasteiger partial charge is 0.387 e. The van der Waals surface area contributed by atoms with Crippen molar-refractivity contribution in [3.05, 3.63) is 53.6 Å². The second kappa shape index (κ2) is 10.6. The van der Waals surface area contributed by atoms with Crippen molar-refractivity contribution >= 4 is 17.6 Å². The van der Waals surface area contributed by atoms with Gasteiger partial charge in [-0.2, -0.15) is 8.78 Å². The standard InChI is InChI=1S/C22H26F2N4O3/c1-3-25-22(26-13-16-12-17(30-2)8-9-19(16)31-21(23)24)27-14-20(29)28-11-10-15-6-4-5-7-18(15)28/h4-9,12,21H,3,10-11,13-14H2,1-2H3,(H2,25,26,27). The van der Waals surface area contributed by atoms with E-state index in [0.717, 1.165) is 17.7 Å². The normalized spacial score (nSPS) is 13.2. The Bertz CT molecular complexity index is 937. The van der Waals surface area contributed by atoms with Gasteiger partial charge in [0.2, 0.25) is 5.91 Å². The highest BCUT2D eigenvalue weighted by atomic mass is 19.3. The number of benzene rings is 2. The Kier molecular flexibility index (Phi) is 7.64. The molecule has 1 aliphatic rings. The lowest BCUT2D eigenvalue weighted by atomic mass is 10.2. The van der Waals surface area contributed by atoms with Crippen LogP contribution < -0.4 is 25.0 Å². The quantitative estimate of drug-likeness (QED) is 0.496. The molecule has 7 nitrogen and oxygen atoms in total. The highest BCUT2D eigenvalue weighted by molar-refractivity contribution is 5.98. The number of guanidine groups is 1. The van der Waals surface area contributed by atoms with Gasteiger partial charge in [-0.1, -0.05) is 18.2 Å². The summed E-state index contributed by atoms with van der Waals surface area (Å²) in [5, 5.41) is 6.07. The lowest BCUT2D eigenvalue weighted by molar-refractivity contribution is -0.117. The second-order valence-corrected chi connectivity index (χ2v) is 6.82. The predicted octanol–water partition coefficient (Wildman–Crippen LogP) is 2.94. The molecule has 0 aliphatic carbocycles. The van der Waals surface area contributed by atoms with Crippen molar-refractivity contribution in [2.24, 2.45) is 4.99 Å². The number of carbonyl (C=O) groups excluding carboxylic acids is 1. The van der Waals surface area contributed by atoms with Gasteiger partial charge in [0, 0.05) is 24.3 Å². The summed E-state index contributed by atoms with van der Waals surface area (Å²) in [6, 6.07) is 12.4. The van der Waals surface area contributed by atoms with Crippen LogP contribution in [0.4, 0.5) is 14.5 Å². The predicted molar refractivity (Wildman–Crippen MR) is 115 cm³/mol. The van der Waals surface area contributed by atoms with E-state index in [9.17, 15) is 13.6 Å². The van der Waals surface area contributed by atoms with E-state index >= 15 is 0 Å². The van der Waals surface area contributed by atoms with Gasteiger partial charge in [-0.25, -0.2) is 4.99 Å². The molecule has 0 unspecified atom stereocenters. The maximum Gasteiger partial charge on any atom is 0.387 e. The SMILES string of the molecule is CCNC(=NCc1cc(OC)ccc1OC(F)F)NCC(=O)N1CCc2ccccc21. The first-order chi connectivity index (χ1) is 15.0. The van der Waals surface area contributed by atoms with Crippen LogP contribution in [-0.4, -0.2) is 45.2 Å². The minimum absolute atomic E-state index is 0.0279. The van der Waals surface area contributed by atoms with Crippen LogP contribution >= 0.6 is 0 Å². The number of nitrogens with one attached hydrogen (secondary N) is 2. The first-order valence-corrected chi connectivity index (χ1v) is 10.0. The summed E-state index contributed by atoms with van der Waals surface area (Å²) in [5.74, 6) is 0.862. The molecule has 0 saturated heterocycles. The number of fused-ring (bicyclic) bond motifs is 1. The highest BCUT2D eigenvalue weighted by Crippen LogP contribution is 2.28. The second-order valence-electron chi connectivity index (χ2n) is 6.82. The molecule has 1 amide bonds. The molecule has 3 rings (SSSR count). The zero-order chi connectivity index (χ0) is 22.2. The molecule has 1 aliphatic heterocycles. The van der Waals surface area contributed by atoms with E-state index in [1.54, 1.807) is 17.0 Å². The molecule has 1 heterocycles. The van der Waals surface area contributed by atoms with Gasteiger partial charge in [0.1, 0.15) is 11.5 Å². The number of rotatable bonds is 8. The van der Waals surface area contributed by atoms with E-state index in [1.807, 2.05) is 31.2 Å². The molecule has 9 heteroatoms.